The predicted molar refractivity (Wildman–Crippen MR) is 62.4 cm³/mol. The van der Waals surface area contributed by atoms with E-state index >= 15 is 0 Å². The van der Waals surface area contributed by atoms with Crippen molar-refractivity contribution in [1.82, 2.24) is 0 Å². The molecular weight excluding hydrogens is 228 g/mol. The second-order valence-corrected chi connectivity index (χ2v) is 4.22. The number of nitriles is 1. The van der Waals surface area contributed by atoms with Gasteiger partial charge in [-0.05, 0) is 25.1 Å². The van der Waals surface area contributed by atoms with Crippen LogP contribution >= 0.6 is 11.6 Å². The summed E-state index contributed by atoms with van der Waals surface area (Å²) in [5.74, 6) is 0. The maximum atomic E-state index is 9.57. The van der Waals surface area contributed by atoms with Crippen molar-refractivity contribution in [2.45, 2.75) is 12.5 Å². The molecule has 0 fully saturated rings. The Hall–Kier alpha value is -1.28. The van der Waals surface area contributed by atoms with Gasteiger partial charge < -0.3 is 15.5 Å². The van der Waals surface area contributed by atoms with Crippen LogP contribution in [0.2, 0.25) is 5.02 Å². The smallest absolute Gasteiger partial charge is 0.102 e. The summed E-state index contributed by atoms with van der Waals surface area (Å²) in [6.07, 6.45) is 0. The Labute approximate surface area is 99.1 Å². The topological polar surface area (TPSA) is 76.3 Å². The Morgan fingerprint density at radius 3 is 2.75 bits per heavy atom. The number of hydrogen-bond acceptors (Lipinski definition) is 4. The Kier molecular flexibility index (Phi) is 4.13. The molecule has 1 aromatic carbocycles. The van der Waals surface area contributed by atoms with Gasteiger partial charge in [0.2, 0.25) is 0 Å². The highest BCUT2D eigenvalue weighted by Crippen LogP contribution is 2.23. The van der Waals surface area contributed by atoms with Crippen LogP contribution in [0, 0.1) is 11.3 Å². The van der Waals surface area contributed by atoms with Crippen molar-refractivity contribution >= 4 is 17.3 Å². The number of nitrogens with zero attached hydrogens (tertiary/aromatic N) is 1. The molecule has 3 N–H and O–H groups in total. The molecule has 0 aromatic heterocycles. The second-order valence-electron chi connectivity index (χ2n) is 3.82. The minimum atomic E-state index is -1.20. The van der Waals surface area contributed by atoms with Gasteiger partial charge in [-0.3, -0.25) is 0 Å². The molecule has 4 nitrogen and oxygen atoms in total. The minimum absolute atomic E-state index is 0.176. The molecule has 0 spiro atoms. The molecule has 86 valence electrons. The van der Waals surface area contributed by atoms with Crippen LogP contribution in [0.4, 0.5) is 5.69 Å². The van der Waals surface area contributed by atoms with Crippen LogP contribution in [0.5, 0.6) is 0 Å². The van der Waals surface area contributed by atoms with Crippen molar-refractivity contribution in [1.29, 1.82) is 5.26 Å². The van der Waals surface area contributed by atoms with Crippen molar-refractivity contribution < 1.29 is 10.2 Å². The standard InChI is InChI=1S/C11H13ClN2O2/c1-11(16,7-15)6-14-10-3-2-8(5-13)4-9(10)12/h2-4,14-16H,6-7H2,1H3. The average molecular weight is 241 g/mol. The molecule has 0 heterocycles. The molecule has 1 atom stereocenters. The monoisotopic (exact) mass is 240 g/mol. The summed E-state index contributed by atoms with van der Waals surface area (Å²) in [5.41, 5.74) is -0.101. The fourth-order valence-corrected chi connectivity index (χ4v) is 1.32. The van der Waals surface area contributed by atoms with Gasteiger partial charge in [0.25, 0.3) is 0 Å². The molecule has 0 saturated heterocycles. The van der Waals surface area contributed by atoms with Crippen LogP contribution in [0.3, 0.4) is 0 Å². The lowest BCUT2D eigenvalue weighted by Gasteiger charge is -2.21. The van der Waals surface area contributed by atoms with Crippen molar-refractivity contribution in [2.75, 3.05) is 18.5 Å². The molecule has 16 heavy (non-hydrogen) atoms. The van der Waals surface area contributed by atoms with Gasteiger partial charge in [-0.25, -0.2) is 0 Å². The van der Waals surface area contributed by atoms with Crippen LogP contribution < -0.4 is 5.32 Å². The summed E-state index contributed by atoms with van der Waals surface area (Å²) in [6.45, 7) is 1.35. The second kappa shape index (κ2) is 5.17. The van der Waals surface area contributed by atoms with Crippen molar-refractivity contribution in [2.24, 2.45) is 0 Å². The molecule has 1 aromatic rings. The fourth-order valence-electron chi connectivity index (χ4n) is 1.07. The lowest BCUT2D eigenvalue weighted by molar-refractivity contribution is 0.0132. The van der Waals surface area contributed by atoms with Gasteiger partial charge in [0.15, 0.2) is 0 Å². The molecule has 0 bridgehead atoms. The maximum Gasteiger partial charge on any atom is 0.102 e. The van der Waals surface area contributed by atoms with Gasteiger partial charge in [-0.1, -0.05) is 11.6 Å². The number of aliphatic hydroxyl groups excluding tert-OH is 1. The molecule has 0 aliphatic rings. The van der Waals surface area contributed by atoms with Crippen molar-refractivity contribution in [3.63, 3.8) is 0 Å². The molecule has 0 aliphatic heterocycles. The van der Waals surface area contributed by atoms with E-state index in [4.69, 9.17) is 22.0 Å². The molecule has 5 heteroatoms. The average Bonchev–Trinajstić information content (AvgIpc) is 2.27. The van der Waals surface area contributed by atoms with Crippen LogP contribution in [0.25, 0.3) is 0 Å². The Bertz CT molecular complexity index is 413. The predicted octanol–water partition coefficient (Wildman–Crippen LogP) is 1.37. The number of rotatable bonds is 4. The molecule has 1 rings (SSSR count). The van der Waals surface area contributed by atoms with E-state index in [1.165, 1.54) is 13.0 Å². The first-order valence-corrected chi connectivity index (χ1v) is 5.13. The zero-order chi connectivity index (χ0) is 12.2. The first kappa shape index (κ1) is 12.8. The van der Waals surface area contributed by atoms with Gasteiger partial charge in [-0.2, -0.15) is 5.26 Å². The third kappa shape index (κ3) is 3.38. The van der Waals surface area contributed by atoms with Crippen molar-refractivity contribution in [3.05, 3.63) is 28.8 Å². The zero-order valence-corrected chi connectivity index (χ0v) is 9.62. The first-order chi connectivity index (χ1) is 7.48. The third-order valence-corrected chi connectivity index (χ3v) is 2.41. The number of hydrogen-bond donors (Lipinski definition) is 3. The van der Waals surface area contributed by atoms with E-state index in [-0.39, 0.29) is 13.2 Å². The number of benzene rings is 1. The first-order valence-electron chi connectivity index (χ1n) is 4.75. The van der Waals surface area contributed by atoms with E-state index in [9.17, 15) is 5.11 Å². The maximum absolute atomic E-state index is 9.57. The number of aliphatic hydroxyl groups is 2. The van der Waals surface area contributed by atoms with Crippen LogP contribution in [-0.2, 0) is 0 Å². The zero-order valence-electron chi connectivity index (χ0n) is 8.87. The number of anilines is 1. The Morgan fingerprint density at radius 1 is 1.56 bits per heavy atom. The van der Waals surface area contributed by atoms with E-state index in [1.54, 1.807) is 12.1 Å². The van der Waals surface area contributed by atoms with Gasteiger partial charge >= 0.3 is 0 Å². The normalized spacial score (nSPS) is 13.9. The molecule has 0 saturated carbocycles. The number of halogens is 1. The largest absolute Gasteiger partial charge is 0.393 e. The summed E-state index contributed by atoms with van der Waals surface area (Å²) in [7, 11) is 0. The Balaban J connectivity index is 2.73. The van der Waals surface area contributed by atoms with Gasteiger partial charge in [0.05, 0.1) is 28.9 Å². The van der Waals surface area contributed by atoms with E-state index in [1.807, 2.05) is 6.07 Å². The lowest BCUT2D eigenvalue weighted by atomic mass is 10.1. The van der Waals surface area contributed by atoms with E-state index in [2.05, 4.69) is 5.32 Å². The third-order valence-electron chi connectivity index (χ3n) is 2.10. The summed E-state index contributed by atoms with van der Waals surface area (Å²) >= 11 is 5.92. The van der Waals surface area contributed by atoms with Gasteiger partial charge in [0.1, 0.15) is 5.60 Å². The Morgan fingerprint density at radius 2 is 2.25 bits per heavy atom. The molecule has 1 unspecified atom stereocenters. The SMILES string of the molecule is CC(O)(CO)CNc1ccc(C#N)cc1Cl. The lowest BCUT2D eigenvalue weighted by Crippen LogP contribution is -2.37. The van der Waals surface area contributed by atoms with Gasteiger partial charge in [-0.15, -0.1) is 0 Å². The molecular formula is C11H13ClN2O2. The molecule has 0 aliphatic carbocycles. The van der Waals surface area contributed by atoms with E-state index < -0.39 is 5.60 Å². The summed E-state index contributed by atoms with van der Waals surface area (Å²) < 4.78 is 0. The highest BCUT2D eigenvalue weighted by molar-refractivity contribution is 6.33. The summed E-state index contributed by atoms with van der Waals surface area (Å²) in [4.78, 5) is 0. The van der Waals surface area contributed by atoms with Crippen LogP contribution in [0.1, 0.15) is 12.5 Å². The fraction of sp³-hybridized carbons (Fsp3) is 0.364. The number of nitrogens with one attached hydrogen (secondary N) is 1. The van der Waals surface area contributed by atoms with Crippen molar-refractivity contribution in [3.8, 4) is 6.07 Å². The van der Waals surface area contributed by atoms with E-state index in [0.717, 1.165) is 0 Å². The highest BCUT2D eigenvalue weighted by Gasteiger charge is 2.18. The molecule has 0 radical (unpaired) electrons. The quantitative estimate of drug-likeness (QED) is 0.743. The summed E-state index contributed by atoms with van der Waals surface area (Å²) in [5, 5.41) is 30.4. The van der Waals surface area contributed by atoms with Gasteiger partial charge in [0, 0.05) is 6.54 Å². The van der Waals surface area contributed by atoms with E-state index in [0.29, 0.717) is 16.3 Å². The minimum Gasteiger partial charge on any atom is -0.393 e. The van der Waals surface area contributed by atoms with Crippen LogP contribution in [-0.4, -0.2) is 29.0 Å². The molecule has 0 amide bonds. The highest BCUT2D eigenvalue weighted by atomic mass is 35.5. The van der Waals surface area contributed by atoms with Crippen LogP contribution in [0.15, 0.2) is 18.2 Å². The summed E-state index contributed by atoms with van der Waals surface area (Å²) in [6, 6.07) is 6.80.